The maximum atomic E-state index is 11.0. The smallest absolute Gasteiger partial charge is 0.408 e. The number of benzene rings is 1. The molecule has 1 saturated heterocycles. The molecule has 2 N–H and O–H groups in total. The minimum Gasteiger partial charge on any atom is -0.497 e. The van der Waals surface area contributed by atoms with E-state index in [0.717, 1.165) is 0 Å². The molecule has 0 radical (unpaired) electrons. The Balaban J connectivity index is 2.25. The van der Waals surface area contributed by atoms with Crippen LogP contribution in [-0.4, -0.2) is 30.3 Å². The number of carbonyl (C=O) groups excluding carboxylic acids is 1. The van der Waals surface area contributed by atoms with Gasteiger partial charge in [-0.3, -0.25) is 0 Å². The number of hydrogen-bond acceptors (Lipinski definition) is 4. The summed E-state index contributed by atoms with van der Waals surface area (Å²) in [5, 5.41) is 11.2. The topological polar surface area (TPSA) is 84.9 Å². The summed E-state index contributed by atoms with van der Waals surface area (Å²) >= 11 is 0. The van der Waals surface area contributed by atoms with E-state index in [4.69, 9.17) is 14.6 Å². The Bertz CT molecular complexity index is 442. The van der Waals surface area contributed by atoms with E-state index >= 15 is 0 Å². The van der Waals surface area contributed by atoms with E-state index in [1.54, 1.807) is 24.3 Å². The Kier molecular flexibility index (Phi) is 2.86. The predicted octanol–water partition coefficient (Wildman–Crippen LogP) is 0.929. The largest absolute Gasteiger partial charge is 0.497 e. The fourth-order valence-electron chi connectivity index (χ4n) is 1.67. The molecule has 0 saturated carbocycles. The highest BCUT2D eigenvalue weighted by Gasteiger charge is 2.40. The maximum Gasteiger partial charge on any atom is 0.408 e. The number of rotatable bonds is 3. The van der Waals surface area contributed by atoms with Crippen LogP contribution in [-0.2, 0) is 9.53 Å². The Morgan fingerprint density at radius 3 is 2.59 bits per heavy atom. The fraction of sp³-hybridized carbons (Fsp3) is 0.273. The van der Waals surface area contributed by atoms with Crippen LogP contribution in [0.3, 0.4) is 0 Å². The lowest BCUT2D eigenvalue weighted by Gasteiger charge is -2.13. The molecule has 90 valence electrons. The minimum atomic E-state index is -1.13. The normalized spacial score (nSPS) is 22.8. The highest BCUT2D eigenvalue weighted by atomic mass is 16.6. The molecular weight excluding hydrogens is 226 g/mol. The van der Waals surface area contributed by atoms with Crippen molar-refractivity contribution >= 4 is 12.1 Å². The number of carboxylic acids is 1. The Morgan fingerprint density at radius 1 is 1.41 bits per heavy atom. The molecule has 1 amide bonds. The van der Waals surface area contributed by atoms with Crippen LogP contribution in [0.1, 0.15) is 11.7 Å². The van der Waals surface area contributed by atoms with E-state index in [1.807, 2.05) is 0 Å². The molecule has 0 aromatic heterocycles. The second-order valence-electron chi connectivity index (χ2n) is 3.56. The van der Waals surface area contributed by atoms with Gasteiger partial charge in [0, 0.05) is 0 Å². The van der Waals surface area contributed by atoms with Gasteiger partial charge in [0.2, 0.25) is 0 Å². The van der Waals surface area contributed by atoms with Crippen molar-refractivity contribution in [2.45, 2.75) is 12.1 Å². The van der Waals surface area contributed by atoms with Crippen molar-refractivity contribution in [2.24, 2.45) is 0 Å². The van der Waals surface area contributed by atoms with Crippen molar-refractivity contribution in [3.05, 3.63) is 29.8 Å². The first-order valence-corrected chi connectivity index (χ1v) is 4.95. The Hall–Kier alpha value is -2.24. The summed E-state index contributed by atoms with van der Waals surface area (Å²) in [4.78, 5) is 22.0. The molecule has 1 aromatic rings. The molecule has 6 heteroatoms. The first kappa shape index (κ1) is 11.3. The van der Waals surface area contributed by atoms with E-state index in [9.17, 15) is 9.59 Å². The fourth-order valence-corrected chi connectivity index (χ4v) is 1.67. The van der Waals surface area contributed by atoms with Gasteiger partial charge in [-0.2, -0.15) is 0 Å². The quantitative estimate of drug-likeness (QED) is 0.816. The number of hydrogen-bond donors (Lipinski definition) is 2. The third kappa shape index (κ3) is 2.15. The van der Waals surface area contributed by atoms with E-state index < -0.39 is 24.2 Å². The van der Waals surface area contributed by atoms with Gasteiger partial charge in [0.05, 0.1) is 7.11 Å². The van der Waals surface area contributed by atoms with Crippen LogP contribution in [0.4, 0.5) is 4.79 Å². The standard InChI is InChI=1S/C11H11NO5/c1-16-7-4-2-6(3-5-7)9-8(10(13)14)12-11(15)17-9/h2-5,8-9H,1H3,(H,12,15)(H,13,14)/t8-,9-/m0/s1. The summed E-state index contributed by atoms with van der Waals surface area (Å²) in [5.74, 6) is -0.477. The number of ether oxygens (including phenoxy) is 2. The van der Waals surface area contributed by atoms with Crippen LogP contribution in [0.15, 0.2) is 24.3 Å². The molecule has 0 spiro atoms. The number of amides is 1. The predicted molar refractivity (Wildman–Crippen MR) is 56.8 cm³/mol. The SMILES string of the molecule is COc1ccc([C@@H]2OC(=O)N[C@@H]2C(=O)O)cc1. The molecule has 1 aliphatic rings. The van der Waals surface area contributed by atoms with Gasteiger partial charge in [-0.15, -0.1) is 0 Å². The lowest BCUT2D eigenvalue weighted by Crippen LogP contribution is -2.35. The van der Waals surface area contributed by atoms with Crippen LogP contribution >= 0.6 is 0 Å². The third-order valence-corrected chi connectivity index (χ3v) is 2.52. The number of methoxy groups -OCH3 is 1. The second-order valence-corrected chi connectivity index (χ2v) is 3.56. The van der Waals surface area contributed by atoms with Gasteiger partial charge in [0.25, 0.3) is 0 Å². The zero-order valence-electron chi connectivity index (χ0n) is 9.04. The van der Waals surface area contributed by atoms with Gasteiger partial charge in [-0.1, -0.05) is 12.1 Å². The molecule has 2 atom stereocenters. The number of cyclic esters (lactones) is 1. The first-order valence-electron chi connectivity index (χ1n) is 4.95. The molecular formula is C11H11NO5. The van der Waals surface area contributed by atoms with E-state index in [-0.39, 0.29) is 0 Å². The number of aliphatic carboxylic acids is 1. The Morgan fingerprint density at radius 2 is 2.06 bits per heavy atom. The zero-order chi connectivity index (χ0) is 12.4. The van der Waals surface area contributed by atoms with Gasteiger partial charge >= 0.3 is 12.1 Å². The molecule has 17 heavy (non-hydrogen) atoms. The molecule has 6 nitrogen and oxygen atoms in total. The highest BCUT2D eigenvalue weighted by Crippen LogP contribution is 2.27. The number of nitrogens with one attached hydrogen (secondary N) is 1. The number of carboxylic acid groups (broad SMARTS) is 1. The summed E-state index contributed by atoms with van der Waals surface area (Å²) < 4.78 is 9.91. The van der Waals surface area contributed by atoms with Crippen molar-refractivity contribution < 1.29 is 24.2 Å². The summed E-state index contributed by atoms with van der Waals surface area (Å²) in [6.07, 6.45) is -1.54. The van der Waals surface area contributed by atoms with Crippen molar-refractivity contribution in [3.63, 3.8) is 0 Å². The van der Waals surface area contributed by atoms with Crippen molar-refractivity contribution in [1.29, 1.82) is 0 Å². The van der Waals surface area contributed by atoms with Crippen LogP contribution in [0.25, 0.3) is 0 Å². The van der Waals surface area contributed by atoms with Crippen LogP contribution in [0, 0.1) is 0 Å². The summed E-state index contributed by atoms with van der Waals surface area (Å²) in [5.41, 5.74) is 0.608. The lowest BCUT2D eigenvalue weighted by molar-refractivity contribution is -0.140. The van der Waals surface area contributed by atoms with Crippen LogP contribution in [0.2, 0.25) is 0 Å². The van der Waals surface area contributed by atoms with Gasteiger partial charge in [0.1, 0.15) is 5.75 Å². The maximum absolute atomic E-state index is 11.0. The molecule has 0 unspecified atom stereocenters. The van der Waals surface area contributed by atoms with Crippen LogP contribution < -0.4 is 10.1 Å². The highest BCUT2D eigenvalue weighted by molar-refractivity contribution is 5.84. The monoisotopic (exact) mass is 237 g/mol. The molecule has 1 fully saturated rings. The zero-order valence-corrected chi connectivity index (χ0v) is 9.04. The molecule has 2 rings (SSSR count). The van der Waals surface area contributed by atoms with Gasteiger partial charge in [-0.25, -0.2) is 9.59 Å². The number of carbonyl (C=O) groups is 2. The van der Waals surface area contributed by atoms with Gasteiger partial charge < -0.3 is 19.9 Å². The Labute approximate surface area is 97.1 Å². The van der Waals surface area contributed by atoms with Crippen molar-refractivity contribution in [3.8, 4) is 5.75 Å². The molecule has 0 bridgehead atoms. The van der Waals surface area contributed by atoms with Crippen molar-refractivity contribution in [1.82, 2.24) is 5.32 Å². The van der Waals surface area contributed by atoms with Crippen LogP contribution in [0.5, 0.6) is 5.75 Å². The van der Waals surface area contributed by atoms with Gasteiger partial charge in [-0.05, 0) is 17.7 Å². The van der Waals surface area contributed by atoms with Gasteiger partial charge in [0.15, 0.2) is 12.1 Å². The minimum absolute atomic E-state index is 0.608. The molecule has 1 aromatic carbocycles. The third-order valence-electron chi connectivity index (χ3n) is 2.52. The van der Waals surface area contributed by atoms with Crippen molar-refractivity contribution in [2.75, 3.05) is 7.11 Å². The average Bonchev–Trinajstić information content (AvgIpc) is 2.72. The average molecular weight is 237 g/mol. The second kappa shape index (κ2) is 4.32. The summed E-state index contributed by atoms with van der Waals surface area (Å²) in [7, 11) is 1.53. The molecule has 1 aliphatic heterocycles. The first-order chi connectivity index (χ1) is 8.11. The molecule has 1 heterocycles. The lowest BCUT2D eigenvalue weighted by atomic mass is 10.0. The van der Waals surface area contributed by atoms with E-state index in [1.165, 1.54) is 7.11 Å². The molecule has 0 aliphatic carbocycles. The summed E-state index contributed by atoms with van der Waals surface area (Å²) in [6, 6.07) is 5.64. The van der Waals surface area contributed by atoms with E-state index in [0.29, 0.717) is 11.3 Å². The summed E-state index contributed by atoms with van der Waals surface area (Å²) in [6.45, 7) is 0. The van der Waals surface area contributed by atoms with E-state index in [2.05, 4.69) is 5.32 Å². The number of alkyl carbamates (subject to hydrolysis) is 1.